The molecule has 1 fully saturated rings. The summed E-state index contributed by atoms with van der Waals surface area (Å²) in [4.78, 5) is 14.5. The number of rotatable bonds is 8. The third kappa shape index (κ3) is 6.35. The molecule has 1 aliphatic rings. The van der Waals surface area contributed by atoms with Crippen molar-refractivity contribution < 1.29 is 9.90 Å². The van der Waals surface area contributed by atoms with E-state index in [2.05, 4.69) is 38.2 Å². The molecule has 0 aromatic heterocycles. The summed E-state index contributed by atoms with van der Waals surface area (Å²) >= 11 is 0. The number of nitrogens with zero attached hydrogens (tertiary/aromatic N) is 1. The Morgan fingerprint density at radius 1 is 1.24 bits per heavy atom. The van der Waals surface area contributed by atoms with Gasteiger partial charge in [0, 0.05) is 12.1 Å². The van der Waals surface area contributed by atoms with Gasteiger partial charge >= 0.3 is 0 Å². The van der Waals surface area contributed by atoms with Gasteiger partial charge in [-0.25, -0.2) is 0 Å². The summed E-state index contributed by atoms with van der Waals surface area (Å²) in [7, 11) is 4.21. The van der Waals surface area contributed by atoms with Crippen molar-refractivity contribution in [3.05, 3.63) is 0 Å². The predicted octanol–water partition coefficient (Wildman–Crippen LogP) is 2.70. The number of carbonyl (C=O) groups excluding carboxylic acids is 1. The molecule has 21 heavy (non-hydrogen) atoms. The van der Waals surface area contributed by atoms with Crippen molar-refractivity contribution in [3.8, 4) is 0 Å². The van der Waals surface area contributed by atoms with E-state index in [1.54, 1.807) is 0 Å². The van der Waals surface area contributed by atoms with Crippen LogP contribution >= 0.6 is 0 Å². The summed E-state index contributed by atoms with van der Waals surface area (Å²) in [5.74, 6) is 0.0174. The van der Waals surface area contributed by atoms with Crippen LogP contribution in [0.2, 0.25) is 0 Å². The van der Waals surface area contributed by atoms with Gasteiger partial charge in [0.2, 0.25) is 5.91 Å². The Morgan fingerprint density at radius 2 is 1.86 bits per heavy atom. The van der Waals surface area contributed by atoms with Crippen molar-refractivity contribution in [3.63, 3.8) is 0 Å². The Kier molecular flexibility index (Phi) is 7.67. The molecule has 4 heteroatoms. The average Bonchev–Trinajstić information content (AvgIpc) is 2.38. The zero-order valence-electron chi connectivity index (χ0n) is 14.3. The van der Waals surface area contributed by atoms with Crippen LogP contribution in [0, 0.1) is 0 Å². The Balaban J connectivity index is 2.48. The normalized spacial score (nSPS) is 23.3. The molecular weight excluding hydrogens is 264 g/mol. The van der Waals surface area contributed by atoms with Crippen LogP contribution in [-0.4, -0.2) is 47.7 Å². The highest BCUT2D eigenvalue weighted by molar-refractivity contribution is 5.77. The first-order valence-electron chi connectivity index (χ1n) is 8.58. The fraction of sp³-hybridized carbons (Fsp3) is 0.941. The molecule has 0 heterocycles. The van der Waals surface area contributed by atoms with Gasteiger partial charge in [0.05, 0.1) is 12.0 Å². The molecular formula is C17H34N2O2. The van der Waals surface area contributed by atoms with Crippen LogP contribution in [0.25, 0.3) is 0 Å². The predicted molar refractivity (Wildman–Crippen MR) is 87.3 cm³/mol. The van der Waals surface area contributed by atoms with Gasteiger partial charge < -0.3 is 15.3 Å². The number of hydrogen-bond acceptors (Lipinski definition) is 3. The molecule has 0 bridgehead atoms. The smallest absolute Gasteiger partial charge is 0.223 e. The maximum atomic E-state index is 12.3. The lowest BCUT2D eigenvalue weighted by molar-refractivity contribution is -0.127. The van der Waals surface area contributed by atoms with E-state index in [9.17, 15) is 9.90 Å². The first-order valence-corrected chi connectivity index (χ1v) is 8.58. The van der Waals surface area contributed by atoms with Gasteiger partial charge in [-0.05, 0) is 52.6 Å². The van der Waals surface area contributed by atoms with Crippen LogP contribution in [0.15, 0.2) is 0 Å². The molecule has 1 rings (SSSR count). The van der Waals surface area contributed by atoms with Gasteiger partial charge in [0.1, 0.15) is 0 Å². The summed E-state index contributed by atoms with van der Waals surface area (Å²) < 4.78 is 0. The van der Waals surface area contributed by atoms with Crippen molar-refractivity contribution in [1.82, 2.24) is 10.2 Å². The lowest BCUT2D eigenvalue weighted by Crippen LogP contribution is -2.46. The van der Waals surface area contributed by atoms with Gasteiger partial charge in [-0.15, -0.1) is 0 Å². The number of amides is 1. The second-order valence-electron chi connectivity index (χ2n) is 6.95. The van der Waals surface area contributed by atoms with E-state index in [1.807, 2.05) is 0 Å². The Labute approximate surface area is 130 Å². The minimum Gasteiger partial charge on any atom is -0.389 e. The minimum absolute atomic E-state index is 0.0174. The van der Waals surface area contributed by atoms with Gasteiger partial charge in [0.25, 0.3) is 0 Å². The molecule has 124 valence electrons. The van der Waals surface area contributed by atoms with E-state index in [-0.39, 0.29) is 18.4 Å². The summed E-state index contributed by atoms with van der Waals surface area (Å²) in [6.45, 7) is 4.11. The van der Waals surface area contributed by atoms with Crippen LogP contribution in [-0.2, 0) is 4.79 Å². The quantitative estimate of drug-likeness (QED) is 0.724. The average molecular weight is 298 g/mol. The molecule has 0 saturated heterocycles. The van der Waals surface area contributed by atoms with Crippen LogP contribution in [0.5, 0.6) is 0 Å². The van der Waals surface area contributed by atoms with E-state index in [4.69, 9.17) is 0 Å². The molecule has 2 atom stereocenters. The number of nitrogens with one attached hydrogen (secondary N) is 1. The van der Waals surface area contributed by atoms with Gasteiger partial charge in [0.15, 0.2) is 0 Å². The van der Waals surface area contributed by atoms with Crippen LogP contribution in [0.1, 0.15) is 71.6 Å². The molecule has 0 aromatic rings. The van der Waals surface area contributed by atoms with Gasteiger partial charge in [-0.3, -0.25) is 4.79 Å². The highest BCUT2D eigenvalue weighted by Gasteiger charge is 2.30. The lowest BCUT2D eigenvalue weighted by Gasteiger charge is -2.34. The van der Waals surface area contributed by atoms with E-state index < -0.39 is 5.60 Å². The summed E-state index contributed by atoms with van der Waals surface area (Å²) in [6, 6.07) is 0.834. The Bertz CT molecular complexity index is 312. The van der Waals surface area contributed by atoms with Crippen LogP contribution in [0.3, 0.4) is 0 Å². The van der Waals surface area contributed by atoms with Crippen molar-refractivity contribution in [2.24, 2.45) is 0 Å². The van der Waals surface area contributed by atoms with Gasteiger partial charge in [-0.2, -0.15) is 0 Å². The molecule has 1 saturated carbocycles. The third-order valence-corrected chi connectivity index (χ3v) is 4.66. The molecule has 0 spiro atoms. The van der Waals surface area contributed by atoms with Crippen molar-refractivity contribution in [2.45, 2.75) is 89.3 Å². The first-order chi connectivity index (χ1) is 9.90. The highest BCUT2D eigenvalue weighted by Crippen LogP contribution is 2.25. The second kappa shape index (κ2) is 8.74. The van der Waals surface area contributed by atoms with Crippen molar-refractivity contribution in [1.29, 1.82) is 0 Å². The number of carbonyl (C=O) groups is 1. The molecule has 1 amide bonds. The topological polar surface area (TPSA) is 52.6 Å². The van der Waals surface area contributed by atoms with Crippen molar-refractivity contribution in [2.75, 3.05) is 14.1 Å². The standard InChI is InChI=1S/C17H34N2O2/c1-5-10-17(21,11-6-2)13-16(20)18-14-8-7-9-15(12-14)19(3)4/h14-15,21H,5-13H2,1-4H3,(H,18,20). The summed E-state index contributed by atoms with van der Waals surface area (Å²) in [5.41, 5.74) is -0.816. The molecule has 0 radical (unpaired) electrons. The zero-order valence-corrected chi connectivity index (χ0v) is 14.3. The molecule has 0 aliphatic heterocycles. The van der Waals surface area contributed by atoms with Crippen LogP contribution < -0.4 is 5.32 Å². The molecule has 0 aromatic carbocycles. The fourth-order valence-corrected chi connectivity index (χ4v) is 3.57. The van der Waals surface area contributed by atoms with E-state index >= 15 is 0 Å². The largest absolute Gasteiger partial charge is 0.389 e. The summed E-state index contributed by atoms with van der Waals surface area (Å²) in [6.07, 6.45) is 7.97. The first kappa shape index (κ1) is 18.4. The van der Waals surface area contributed by atoms with Crippen molar-refractivity contribution >= 4 is 5.91 Å². The lowest BCUT2D eigenvalue weighted by atomic mass is 9.87. The number of hydrogen-bond donors (Lipinski definition) is 2. The maximum Gasteiger partial charge on any atom is 0.223 e. The maximum absolute atomic E-state index is 12.3. The molecule has 4 nitrogen and oxygen atoms in total. The van der Waals surface area contributed by atoms with E-state index in [0.717, 1.165) is 25.7 Å². The molecule has 1 aliphatic carbocycles. The minimum atomic E-state index is -0.816. The zero-order chi connectivity index (χ0) is 15.9. The Hall–Kier alpha value is -0.610. The Morgan fingerprint density at radius 3 is 2.38 bits per heavy atom. The molecule has 2 N–H and O–H groups in total. The van der Waals surface area contributed by atoms with Gasteiger partial charge in [-0.1, -0.05) is 26.7 Å². The van der Waals surface area contributed by atoms with Crippen LogP contribution in [0.4, 0.5) is 0 Å². The third-order valence-electron chi connectivity index (χ3n) is 4.66. The SMILES string of the molecule is CCCC(O)(CCC)CC(=O)NC1CCCC(N(C)C)C1. The highest BCUT2D eigenvalue weighted by atomic mass is 16.3. The second-order valence-corrected chi connectivity index (χ2v) is 6.95. The number of aliphatic hydroxyl groups is 1. The van der Waals surface area contributed by atoms with E-state index in [1.165, 1.54) is 12.8 Å². The summed E-state index contributed by atoms with van der Waals surface area (Å²) in [5, 5.41) is 13.7. The monoisotopic (exact) mass is 298 g/mol. The fourth-order valence-electron chi connectivity index (χ4n) is 3.57. The van der Waals surface area contributed by atoms with E-state index in [0.29, 0.717) is 18.9 Å². The molecule has 2 unspecified atom stereocenters.